The van der Waals surface area contributed by atoms with Crippen molar-refractivity contribution >= 4 is 11.9 Å². The molecule has 0 amide bonds. The molecular weight excluding hydrogens is 384 g/mol. The van der Waals surface area contributed by atoms with Crippen LogP contribution in [-0.4, -0.2) is 25.6 Å². The third kappa shape index (κ3) is 7.88. The van der Waals surface area contributed by atoms with E-state index in [-0.39, 0.29) is 5.78 Å². The van der Waals surface area contributed by atoms with Crippen LogP contribution < -0.4 is 4.74 Å². The van der Waals surface area contributed by atoms with Crippen molar-refractivity contribution in [1.29, 1.82) is 0 Å². The fourth-order valence-electron chi connectivity index (χ4n) is 3.20. The van der Waals surface area contributed by atoms with Crippen LogP contribution in [0.25, 0.3) is 6.08 Å². The second kappa shape index (κ2) is 12.5. The van der Waals surface area contributed by atoms with Crippen molar-refractivity contribution in [3.8, 4) is 5.75 Å². The highest BCUT2D eigenvalue weighted by molar-refractivity contribution is 6.06. The normalized spacial score (nSPS) is 11.0. The summed E-state index contributed by atoms with van der Waals surface area (Å²) in [7, 11) is 0. The molecule has 3 aromatic carbocycles. The van der Waals surface area contributed by atoms with Crippen LogP contribution in [0.15, 0.2) is 84.9 Å². The zero-order valence-electron chi connectivity index (χ0n) is 18.1. The number of unbranched alkanes of at least 4 members (excludes halogenated alkanes) is 1. The van der Waals surface area contributed by atoms with Gasteiger partial charge in [-0.25, -0.2) is 0 Å². The summed E-state index contributed by atoms with van der Waals surface area (Å²) in [5, 5.41) is 0. The van der Waals surface area contributed by atoms with Gasteiger partial charge in [0.25, 0.3) is 0 Å². The summed E-state index contributed by atoms with van der Waals surface area (Å²) in [5.41, 5.74) is 4.19. The number of allylic oxidation sites excluding steroid dienone is 1. The van der Waals surface area contributed by atoms with Crippen molar-refractivity contribution in [2.24, 2.45) is 0 Å². The van der Waals surface area contributed by atoms with Gasteiger partial charge in [-0.05, 0) is 61.1 Å². The van der Waals surface area contributed by atoms with Crippen LogP contribution in [-0.2, 0) is 11.2 Å². The Kier molecular flexibility index (Phi) is 9.08. The van der Waals surface area contributed by atoms with Gasteiger partial charge in [0.05, 0.1) is 6.61 Å². The molecule has 0 N–H and O–H groups in total. The van der Waals surface area contributed by atoms with Crippen LogP contribution in [0.5, 0.6) is 5.75 Å². The van der Waals surface area contributed by atoms with Crippen molar-refractivity contribution in [3.63, 3.8) is 0 Å². The average molecular weight is 415 g/mol. The molecule has 3 heteroatoms. The molecule has 160 valence electrons. The van der Waals surface area contributed by atoms with E-state index in [9.17, 15) is 4.79 Å². The summed E-state index contributed by atoms with van der Waals surface area (Å²) < 4.78 is 11.1. The zero-order valence-corrected chi connectivity index (χ0v) is 18.1. The molecule has 0 radical (unpaired) electrons. The van der Waals surface area contributed by atoms with Gasteiger partial charge in [-0.3, -0.25) is 4.79 Å². The lowest BCUT2D eigenvalue weighted by Crippen LogP contribution is -2.00. The summed E-state index contributed by atoms with van der Waals surface area (Å²) >= 11 is 0. The Morgan fingerprint density at radius 1 is 0.806 bits per heavy atom. The molecule has 0 fully saturated rings. The Hall–Kier alpha value is -3.17. The lowest BCUT2D eigenvalue weighted by Gasteiger charge is -2.08. The minimum absolute atomic E-state index is 0.0151. The minimum atomic E-state index is 0.0151. The van der Waals surface area contributed by atoms with Crippen LogP contribution in [0.3, 0.4) is 0 Å². The molecule has 31 heavy (non-hydrogen) atoms. The number of carbonyl (C=O) groups excluding carboxylic acids is 1. The molecule has 0 bridgehead atoms. The Labute approximate surface area is 185 Å². The third-order valence-electron chi connectivity index (χ3n) is 4.95. The number of ether oxygens (including phenoxy) is 2. The van der Waals surface area contributed by atoms with Crippen molar-refractivity contribution in [3.05, 3.63) is 107 Å². The molecule has 0 aliphatic carbocycles. The van der Waals surface area contributed by atoms with Crippen molar-refractivity contribution < 1.29 is 14.3 Å². The summed E-state index contributed by atoms with van der Waals surface area (Å²) in [6, 6.07) is 25.9. The van der Waals surface area contributed by atoms with Gasteiger partial charge in [-0.2, -0.15) is 0 Å². The third-order valence-corrected chi connectivity index (χ3v) is 4.95. The summed E-state index contributed by atoms with van der Waals surface area (Å²) in [6.07, 6.45) is 6.37. The first-order valence-electron chi connectivity index (χ1n) is 10.9. The van der Waals surface area contributed by atoms with Crippen molar-refractivity contribution in [1.82, 2.24) is 0 Å². The molecular formula is C28H30O3. The van der Waals surface area contributed by atoms with E-state index in [1.54, 1.807) is 6.08 Å². The minimum Gasteiger partial charge on any atom is -0.494 e. The quantitative estimate of drug-likeness (QED) is 0.196. The van der Waals surface area contributed by atoms with E-state index in [4.69, 9.17) is 9.47 Å². The lowest BCUT2D eigenvalue weighted by molar-refractivity contribution is 0.104. The topological polar surface area (TPSA) is 35.5 Å². The van der Waals surface area contributed by atoms with Gasteiger partial charge in [0.15, 0.2) is 5.78 Å². The van der Waals surface area contributed by atoms with E-state index in [0.717, 1.165) is 43.8 Å². The van der Waals surface area contributed by atoms with Crippen LogP contribution in [0.4, 0.5) is 0 Å². The Morgan fingerprint density at radius 2 is 1.45 bits per heavy atom. The largest absolute Gasteiger partial charge is 0.494 e. The summed E-state index contributed by atoms with van der Waals surface area (Å²) in [6.45, 7) is 4.30. The molecule has 0 atom stereocenters. The molecule has 0 saturated carbocycles. The number of benzene rings is 3. The molecule has 3 nitrogen and oxygen atoms in total. The van der Waals surface area contributed by atoms with Gasteiger partial charge in [-0.1, -0.05) is 72.8 Å². The summed E-state index contributed by atoms with van der Waals surface area (Å²) in [5.74, 6) is 0.921. The van der Waals surface area contributed by atoms with Gasteiger partial charge in [0, 0.05) is 18.8 Å². The molecule has 0 aliphatic rings. The maximum atomic E-state index is 12.2. The lowest BCUT2D eigenvalue weighted by atomic mass is 10.0. The van der Waals surface area contributed by atoms with Gasteiger partial charge in [-0.15, -0.1) is 0 Å². The van der Waals surface area contributed by atoms with Crippen molar-refractivity contribution in [2.75, 3.05) is 19.8 Å². The molecule has 0 heterocycles. The highest BCUT2D eigenvalue weighted by Crippen LogP contribution is 2.17. The Morgan fingerprint density at radius 3 is 2.13 bits per heavy atom. The monoisotopic (exact) mass is 414 g/mol. The maximum Gasteiger partial charge on any atom is 0.185 e. The second-order valence-electron chi connectivity index (χ2n) is 7.38. The van der Waals surface area contributed by atoms with Crippen LogP contribution in [0, 0.1) is 0 Å². The smallest absolute Gasteiger partial charge is 0.185 e. The van der Waals surface area contributed by atoms with Crippen molar-refractivity contribution in [2.45, 2.75) is 26.2 Å². The standard InChI is InChI=1S/C28H30O3/c1-2-30-20-6-7-21-31-27-17-14-25(15-18-27)22-24-12-10-23(11-13-24)16-19-28(29)26-8-4-3-5-9-26/h3-5,8-19H,2,6-7,20-22H2,1H3/b19-16+. The predicted molar refractivity (Wildman–Crippen MR) is 127 cm³/mol. The van der Waals surface area contributed by atoms with E-state index in [1.807, 2.05) is 67.6 Å². The molecule has 3 rings (SSSR count). The fourth-order valence-corrected chi connectivity index (χ4v) is 3.20. The Balaban J connectivity index is 1.46. The van der Waals surface area contributed by atoms with Gasteiger partial charge in [0.1, 0.15) is 5.75 Å². The van der Waals surface area contributed by atoms with Crippen LogP contribution >= 0.6 is 0 Å². The van der Waals surface area contributed by atoms with E-state index >= 15 is 0 Å². The fraction of sp³-hybridized carbons (Fsp3) is 0.250. The van der Waals surface area contributed by atoms with Gasteiger partial charge >= 0.3 is 0 Å². The molecule has 0 unspecified atom stereocenters. The molecule has 0 spiro atoms. The first-order valence-corrected chi connectivity index (χ1v) is 10.9. The molecule has 0 saturated heterocycles. The maximum absolute atomic E-state index is 12.2. The SMILES string of the molecule is CCOCCCCOc1ccc(Cc2ccc(/C=C/C(=O)c3ccccc3)cc2)cc1. The number of hydrogen-bond acceptors (Lipinski definition) is 3. The van der Waals surface area contributed by atoms with Crippen LogP contribution in [0.2, 0.25) is 0 Å². The number of ketones is 1. The van der Waals surface area contributed by atoms with Gasteiger partial charge < -0.3 is 9.47 Å². The number of carbonyl (C=O) groups is 1. The summed E-state index contributed by atoms with van der Waals surface area (Å²) in [4.78, 5) is 12.2. The van der Waals surface area contributed by atoms with E-state index < -0.39 is 0 Å². The average Bonchev–Trinajstić information content (AvgIpc) is 2.82. The van der Waals surface area contributed by atoms with E-state index in [0.29, 0.717) is 12.2 Å². The second-order valence-corrected chi connectivity index (χ2v) is 7.38. The highest BCUT2D eigenvalue weighted by atomic mass is 16.5. The first-order chi connectivity index (χ1) is 15.2. The predicted octanol–water partition coefficient (Wildman–Crippen LogP) is 6.37. The molecule has 0 aromatic heterocycles. The number of hydrogen-bond donors (Lipinski definition) is 0. The van der Waals surface area contributed by atoms with Gasteiger partial charge in [0.2, 0.25) is 0 Å². The Bertz CT molecular complexity index is 942. The van der Waals surface area contributed by atoms with E-state index in [1.165, 1.54) is 11.1 Å². The zero-order chi connectivity index (χ0) is 21.7. The number of rotatable bonds is 12. The van der Waals surface area contributed by atoms with Crippen LogP contribution in [0.1, 0.15) is 46.8 Å². The molecule has 0 aliphatic heterocycles. The molecule has 3 aromatic rings. The van der Waals surface area contributed by atoms with E-state index in [2.05, 4.69) is 24.3 Å². The first kappa shape index (κ1) is 22.5. The highest BCUT2D eigenvalue weighted by Gasteiger charge is 2.01.